The van der Waals surface area contributed by atoms with Gasteiger partial charge in [-0.1, -0.05) is 19.8 Å². The second-order valence-electron chi connectivity index (χ2n) is 6.72. The molecule has 21 heavy (non-hydrogen) atoms. The van der Waals surface area contributed by atoms with Gasteiger partial charge in [0.05, 0.1) is 18.0 Å². The van der Waals surface area contributed by atoms with Crippen LogP contribution in [0.1, 0.15) is 50.8 Å². The molecule has 4 heteroatoms. The van der Waals surface area contributed by atoms with Crippen molar-refractivity contribution in [2.75, 3.05) is 13.1 Å². The largest absolute Gasteiger partial charge is 0.386 e. The molecule has 2 fully saturated rings. The van der Waals surface area contributed by atoms with Gasteiger partial charge in [0.15, 0.2) is 0 Å². The van der Waals surface area contributed by atoms with Crippen LogP contribution in [0.2, 0.25) is 0 Å². The quantitative estimate of drug-likeness (QED) is 0.926. The molecule has 1 saturated carbocycles. The van der Waals surface area contributed by atoms with Crippen molar-refractivity contribution in [2.24, 2.45) is 11.8 Å². The van der Waals surface area contributed by atoms with Crippen LogP contribution in [0.15, 0.2) is 18.3 Å². The molecule has 116 valence electrons. The van der Waals surface area contributed by atoms with Gasteiger partial charge in [0.2, 0.25) is 0 Å². The minimum atomic E-state index is -0.617. The standard InChI is InChI=1S/C17H25FN2O/c1-12(17(21)15-7-6-14(18)10-19-15)11-20-9-8-13-4-2-3-5-16(13)20/h6-7,10,12-13,16-17,21H,2-5,8-9,11H2,1H3. The third kappa shape index (κ3) is 3.27. The molecule has 0 amide bonds. The molecular formula is C17H25FN2O. The highest BCUT2D eigenvalue weighted by Crippen LogP contribution is 2.37. The molecule has 0 aromatic carbocycles. The fraction of sp³-hybridized carbons (Fsp3) is 0.706. The Morgan fingerprint density at radius 3 is 2.90 bits per heavy atom. The Morgan fingerprint density at radius 1 is 1.33 bits per heavy atom. The van der Waals surface area contributed by atoms with Gasteiger partial charge < -0.3 is 5.11 Å². The first-order valence-electron chi connectivity index (χ1n) is 8.18. The zero-order chi connectivity index (χ0) is 14.8. The first-order valence-corrected chi connectivity index (χ1v) is 8.18. The normalized spacial score (nSPS) is 29.1. The van der Waals surface area contributed by atoms with Gasteiger partial charge in [-0.05, 0) is 43.9 Å². The summed E-state index contributed by atoms with van der Waals surface area (Å²) in [6.07, 6.45) is 7.27. The average Bonchev–Trinajstić information content (AvgIpc) is 2.91. The van der Waals surface area contributed by atoms with Crippen molar-refractivity contribution >= 4 is 0 Å². The lowest BCUT2D eigenvalue weighted by atomic mass is 9.85. The average molecular weight is 292 g/mol. The van der Waals surface area contributed by atoms with E-state index in [1.165, 1.54) is 44.4 Å². The summed E-state index contributed by atoms with van der Waals surface area (Å²) in [5.41, 5.74) is 0.572. The smallest absolute Gasteiger partial charge is 0.141 e. The van der Waals surface area contributed by atoms with Gasteiger partial charge in [-0.15, -0.1) is 0 Å². The van der Waals surface area contributed by atoms with Crippen molar-refractivity contribution in [1.29, 1.82) is 0 Å². The number of likely N-dealkylation sites (tertiary alicyclic amines) is 1. The topological polar surface area (TPSA) is 36.4 Å². The monoisotopic (exact) mass is 292 g/mol. The zero-order valence-corrected chi connectivity index (χ0v) is 12.7. The molecule has 0 spiro atoms. The number of rotatable bonds is 4. The van der Waals surface area contributed by atoms with Gasteiger partial charge in [0.25, 0.3) is 0 Å². The maximum Gasteiger partial charge on any atom is 0.141 e. The van der Waals surface area contributed by atoms with Crippen molar-refractivity contribution in [3.8, 4) is 0 Å². The molecular weight excluding hydrogens is 267 g/mol. The molecule has 0 radical (unpaired) electrons. The summed E-state index contributed by atoms with van der Waals surface area (Å²) in [5.74, 6) is 0.624. The number of fused-ring (bicyclic) bond motifs is 1. The third-order valence-corrected chi connectivity index (χ3v) is 5.24. The molecule has 1 aliphatic heterocycles. The first kappa shape index (κ1) is 14.9. The summed E-state index contributed by atoms with van der Waals surface area (Å²) in [5, 5.41) is 10.4. The van der Waals surface area contributed by atoms with Crippen LogP contribution in [0.3, 0.4) is 0 Å². The second kappa shape index (κ2) is 6.41. The van der Waals surface area contributed by atoms with E-state index in [4.69, 9.17) is 0 Å². The van der Waals surface area contributed by atoms with Crippen LogP contribution in [0.5, 0.6) is 0 Å². The number of hydrogen-bond acceptors (Lipinski definition) is 3. The van der Waals surface area contributed by atoms with Gasteiger partial charge >= 0.3 is 0 Å². The lowest BCUT2D eigenvalue weighted by molar-refractivity contribution is 0.0723. The molecule has 4 atom stereocenters. The number of aliphatic hydroxyl groups excluding tert-OH is 1. The molecule has 0 bridgehead atoms. The fourth-order valence-corrected chi connectivity index (χ4v) is 4.05. The van der Waals surface area contributed by atoms with Crippen LogP contribution < -0.4 is 0 Å². The van der Waals surface area contributed by atoms with E-state index in [1.807, 2.05) is 0 Å². The SMILES string of the molecule is CC(CN1CCC2CCCCC21)C(O)c1ccc(F)cn1. The molecule has 1 aromatic rings. The Morgan fingerprint density at radius 2 is 2.14 bits per heavy atom. The Balaban J connectivity index is 1.60. The van der Waals surface area contributed by atoms with Crippen molar-refractivity contribution in [3.05, 3.63) is 29.8 Å². The summed E-state index contributed by atoms with van der Waals surface area (Å²) in [6, 6.07) is 3.67. The predicted octanol–water partition coefficient (Wildman–Crippen LogP) is 3.15. The van der Waals surface area contributed by atoms with Gasteiger partial charge in [0, 0.05) is 18.5 Å². The minimum Gasteiger partial charge on any atom is -0.386 e. The first-order chi connectivity index (χ1) is 10.1. The zero-order valence-electron chi connectivity index (χ0n) is 12.7. The number of aliphatic hydroxyl groups is 1. The Labute approximate surface area is 126 Å². The van der Waals surface area contributed by atoms with E-state index < -0.39 is 6.10 Å². The van der Waals surface area contributed by atoms with E-state index in [9.17, 15) is 9.50 Å². The number of nitrogens with zero attached hydrogens (tertiary/aromatic N) is 2. The van der Waals surface area contributed by atoms with Gasteiger partial charge in [0.1, 0.15) is 5.82 Å². The number of aromatic nitrogens is 1. The van der Waals surface area contributed by atoms with Gasteiger partial charge in [-0.25, -0.2) is 4.39 Å². The van der Waals surface area contributed by atoms with E-state index in [0.717, 1.165) is 25.0 Å². The molecule has 2 heterocycles. The van der Waals surface area contributed by atoms with Crippen LogP contribution in [0, 0.1) is 17.7 Å². The summed E-state index contributed by atoms with van der Waals surface area (Å²) in [7, 11) is 0. The molecule has 3 nitrogen and oxygen atoms in total. The van der Waals surface area contributed by atoms with Crippen molar-refractivity contribution < 1.29 is 9.50 Å². The molecule has 3 rings (SSSR count). The Hall–Kier alpha value is -1.00. The van der Waals surface area contributed by atoms with Crippen LogP contribution in [-0.4, -0.2) is 34.1 Å². The van der Waals surface area contributed by atoms with E-state index in [-0.39, 0.29) is 11.7 Å². The van der Waals surface area contributed by atoms with E-state index >= 15 is 0 Å². The highest BCUT2D eigenvalue weighted by Gasteiger charge is 2.36. The molecule has 1 saturated heterocycles. The van der Waals surface area contributed by atoms with Gasteiger partial charge in [-0.2, -0.15) is 0 Å². The summed E-state index contributed by atoms with van der Waals surface area (Å²) < 4.78 is 12.9. The molecule has 1 N–H and O–H groups in total. The fourth-order valence-electron chi connectivity index (χ4n) is 4.05. The third-order valence-electron chi connectivity index (χ3n) is 5.24. The Bertz CT molecular complexity index is 464. The number of pyridine rings is 1. The van der Waals surface area contributed by atoms with Crippen LogP contribution in [0.25, 0.3) is 0 Å². The highest BCUT2D eigenvalue weighted by atomic mass is 19.1. The maximum absolute atomic E-state index is 12.9. The number of halogens is 1. The van der Waals surface area contributed by atoms with E-state index in [2.05, 4.69) is 16.8 Å². The molecule has 2 aliphatic rings. The second-order valence-corrected chi connectivity index (χ2v) is 6.72. The molecule has 1 aromatic heterocycles. The predicted molar refractivity (Wildman–Crippen MR) is 80.3 cm³/mol. The van der Waals surface area contributed by atoms with Crippen molar-refractivity contribution in [2.45, 2.75) is 51.2 Å². The maximum atomic E-state index is 12.9. The highest BCUT2D eigenvalue weighted by molar-refractivity contribution is 5.09. The van der Waals surface area contributed by atoms with E-state index in [1.54, 1.807) is 6.07 Å². The van der Waals surface area contributed by atoms with Crippen LogP contribution in [0.4, 0.5) is 4.39 Å². The van der Waals surface area contributed by atoms with Crippen LogP contribution >= 0.6 is 0 Å². The van der Waals surface area contributed by atoms with Crippen LogP contribution in [-0.2, 0) is 0 Å². The van der Waals surface area contributed by atoms with Gasteiger partial charge in [-0.3, -0.25) is 9.88 Å². The van der Waals surface area contributed by atoms with Crippen molar-refractivity contribution in [1.82, 2.24) is 9.88 Å². The lowest BCUT2D eigenvalue weighted by Gasteiger charge is -2.34. The van der Waals surface area contributed by atoms with E-state index in [0.29, 0.717) is 5.69 Å². The molecule has 4 unspecified atom stereocenters. The summed E-state index contributed by atoms with van der Waals surface area (Å²) in [4.78, 5) is 6.57. The van der Waals surface area contributed by atoms with Crippen molar-refractivity contribution in [3.63, 3.8) is 0 Å². The minimum absolute atomic E-state index is 0.114. The lowest BCUT2D eigenvalue weighted by Crippen LogP contribution is -2.38. The summed E-state index contributed by atoms with van der Waals surface area (Å²) >= 11 is 0. The number of hydrogen-bond donors (Lipinski definition) is 1. The Kier molecular flexibility index (Phi) is 4.55. The molecule has 1 aliphatic carbocycles. The summed E-state index contributed by atoms with van der Waals surface area (Å²) in [6.45, 7) is 4.12.